The van der Waals surface area contributed by atoms with Crippen LogP contribution in [-0.2, 0) is 22.4 Å². The summed E-state index contributed by atoms with van der Waals surface area (Å²) in [6.07, 6.45) is 1.06. The number of anilines is 1. The number of hydrogen-bond donors (Lipinski definition) is 1. The highest BCUT2D eigenvalue weighted by molar-refractivity contribution is 9.10. The molecule has 1 aliphatic rings. The van der Waals surface area contributed by atoms with E-state index in [1.165, 1.54) is 11.3 Å². The number of cyclic esters (lactones) is 1. The number of carbonyl (C=O) groups is 2. The number of hydrogen-bond acceptors (Lipinski definition) is 5. The molecular weight excluding hydrogens is 452 g/mol. The molecule has 29 heavy (non-hydrogen) atoms. The highest BCUT2D eigenvalue weighted by Gasteiger charge is 2.42. The molecular formula is C22H19BrN2O3S. The number of thiazole rings is 1. The number of ether oxygens (including phenoxy) is 1. The Kier molecular flexibility index (Phi) is 5.27. The molecule has 1 amide bonds. The molecule has 0 fully saturated rings. The maximum Gasteiger partial charge on any atom is 0.339 e. The molecule has 1 N–H and O–H groups in total. The molecule has 7 heteroatoms. The lowest BCUT2D eigenvalue weighted by Gasteiger charge is -2.32. The Balaban J connectivity index is 1.51. The van der Waals surface area contributed by atoms with Crippen molar-refractivity contribution in [3.05, 3.63) is 80.3 Å². The second-order valence-electron chi connectivity index (χ2n) is 7.24. The summed E-state index contributed by atoms with van der Waals surface area (Å²) in [5.41, 5.74) is 2.09. The van der Waals surface area contributed by atoms with Crippen molar-refractivity contribution in [1.82, 2.24) is 4.98 Å². The second-order valence-corrected chi connectivity index (χ2v) is 9.24. The molecule has 0 spiro atoms. The first-order valence-electron chi connectivity index (χ1n) is 9.17. The quantitative estimate of drug-likeness (QED) is 0.549. The topological polar surface area (TPSA) is 68.3 Å². The molecule has 1 atom stereocenters. The van der Waals surface area contributed by atoms with Crippen LogP contribution in [0, 0.1) is 6.92 Å². The van der Waals surface area contributed by atoms with E-state index in [9.17, 15) is 9.59 Å². The second kappa shape index (κ2) is 7.72. The fourth-order valence-corrected chi connectivity index (χ4v) is 4.80. The van der Waals surface area contributed by atoms with Gasteiger partial charge in [0.2, 0.25) is 0 Å². The molecule has 5 nitrogen and oxygen atoms in total. The van der Waals surface area contributed by atoms with Crippen LogP contribution < -0.4 is 5.32 Å². The number of amides is 1. The number of benzene rings is 2. The van der Waals surface area contributed by atoms with E-state index >= 15 is 0 Å². The molecule has 0 radical (unpaired) electrons. The van der Waals surface area contributed by atoms with Crippen molar-refractivity contribution >= 4 is 44.3 Å². The lowest BCUT2D eigenvalue weighted by Crippen LogP contribution is -2.48. The zero-order valence-corrected chi connectivity index (χ0v) is 18.4. The molecule has 0 saturated carbocycles. The Bertz CT molecular complexity index is 1110. The Hall–Kier alpha value is -2.51. The van der Waals surface area contributed by atoms with Gasteiger partial charge in [-0.1, -0.05) is 46.3 Å². The number of esters is 1. The van der Waals surface area contributed by atoms with Crippen LogP contribution in [0.4, 0.5) is 5.13 Å². The van der Waals surface area contributed by atoms with Gasteiger partial charge in [0.1, 0.15) is 0 Å². The Labute approximate surface area is 181 Å². The molecule has 0 saturated heterocycles. The average molecular weight is 471 g/mol. The van der Waals surface area contributed by atoms with E-state index in [-0.39, 0.29) is 5.91 Å². The zero-order chi connectivity index (χ0) is 20.6. The number of nitrogens with one attached hydrogen (secondary N) is 1. The Morgan fingerprint density at radius 2 is 2.07 bits per heavy atom. The minimum Gasteiger partial charge on any atom is -0.445 e. The molecule has 1 aromatic heterocycles. The third kappa shape index (κ3) is 4.11. The minimum absolute atomic E-state index is 0.329. The number of nitrogens with zero attached hydrogens (tertiary/aromatic N) is 1. The summed E-state index contributed by atoms with van der Waals surface area (Å²) >= 11 is 4.93. The van der Waals surface area contributed by atoms with Crippen molar-refractivity contribution in [2.45, 2.75) is 32.3 Å². The number of fused-ring (bicyclic) bond motifs is 1. The van der Waals surface area contributed by atoms with Crippen molar-refractivity contribution in [2.24, 2.45) is 0 Å². The number of halogens is 1. The summed E-state index contributed by atoms with van der Waals surface area (Å²) in [6, 6.07) is 15.3. The number of aromatic nitrogens is 1. The first kappa shape index (κ1) is 19.8. The standard InChI is InChI=1S/C22H19BrN2O3S/c1-13-18(11-14-6-5-8-16(23)10-14)29-21(24-13)25-20(27)22(2)12-15-7-3-4-9-17(15)19(26)28-22/h3-10H,11-12H2,1-2H3,(H,24,25,27). The Morgan fingerprint density at radius 3 is 2.86 bits per heavy atom. The van der Waals surface area contributed by atoms with Crippen LogP contribution in [0.25, 0.3) is 0 Å². The van der Waals surface area contributed by atoms with Gasteiger partial charge in [-0.15, -0.1) is 11.3 Å². The van der Waals surface area contributed by atoms with Crippen LogP contribution in [-0.4, -0.2) is 22.5 Å². The van der Waals surface area contributed by atoms with Crippen LogP contribution in [0.1, 0.15) is 39.0 Å². The summed E-state index contributed by atoms with van der Waals surface area (Å²) in [7, 11) is 0. The third-order valence-corrected chi connectivity index (χ3v) is 6.50. The van der Waals surface area contributed by atoms with Gasteiger partial charge in [0, 0.05) is 22.2 Å². The lowest BCUT2D eigenvalue weighted by molar-refractivity contribution is -0.134. The SMILES string of the molecule is Cc1nc(NC(=O)C2(C)Cc3ccccc3C(=O)O2)sc1Cc1cccc(Br)c1. The van der Waals surface area contributed by atoms with Crippen LogP contribution in [0.15, 0.2) is 53.0 Å². The van der Waals surface area contributed by atoms with Gasteiger partial charge in [-0.25, -0.2) is 9.78 Å². The largest absolute Gasteiger partial charge is 0.445 e. The van der Waals surface area contributed by atoms with E-state index in [4.69, 9.17) is 4.74 Å². The monoisotopic (exact) mass is 470 g/mol. The van der Waals surface area contributed by atoms with E-state index in [0.29, 0.717) is 17.1 Å². The van der Waals surface area contributed by atoms with E-state index in [2.05, 4.69) is 38.4 Å². The number of carbonyl (C=O) groups excluding carboxylic acids is 2. The minimum atomic E-state index is -1.27. The van der Waals surface area contributed by atoms with Crippen LogP contribution in [0.2, 0.25) is 0 Å². The van der Waals surface area contributed by atoms with Gasteiger partial charge in [0.15, 0.2) is 10.7 Å². The van der Waals surface area contributed by atoms with E-state index in [0.717, 1.165) is 32.6 Å². The fourth-order valence-electron chi connectivity index (χ4n) is 3.37. The van der Waals surface area contributed by atoms with Gasteiger partial charge in [-0.2, -0.15) is 0 Å². The molecule has 2 aromatic carbocycles. The van der Waals surface area contributed by atoms with Gasteiger partial charge < -0.3 is 4.74 Å². The Morgan fingerprint density at radius 1 is 1.28 bits per heavy atom. The molecule has 3 aromatic rings. The number of rotatable bonds is 4. The maximum absolute atomic E-state index is 12.9. The van der Waals surface area contributed by atoms with E-state index < -0.39 is 11.6 Å². The van der Waals surface area contributed by atoms with Crippen molar-refractivity contribution in [2.75, 3.05) is 5.32 Å². The first-order chi connectivity index (χ1) is 13.8. The number of aryl methyl sites for hydroxylation is 1. The van der Waals surface area contributed by atoms with Gasteiger partial charge in [0.05, 0.1) is 11.3 Å². The lowest BCUT2D eigenvalue weighted by atomic mass is 9.89. The normalized spacial score (nSPS) is 18.1. The van der Waals surface area contributed by atoms with Crippen molar-refractivity contribution in [1.29, 1.82) is 0 Å². The van der Waals surface area contributed by atoms with Gasteiger partial charge >= 0.3 is 5.97 Å². The first-order valence-corrected chi connectivity index (χ1v) is 10.8. The summed E-state index contributed by atoms with van der Waals surface area (Å²) < 4.78 is 6.53. The molecule has 0 bridgehead atoms. The van der Waals surface area contributed by atoms with Crippen LogP contribution >= 0.6 is 27.3 Å². The van der Waals surface area contributed by atoms with Crippen LogP contribution in [0.3, 0.4) is 0 Å². The van der Waals surface area contributed by atoms with Crippen molar-refractivity contribution < 1.29 is 14.3 Å². The van der Waals surface area contributed by atoms with Gasteiger partial charge in [0.25, 0.3) is 5.91 Å². The highest BCUT2D eigenvalue weighted by Crippen LogP contribution is 2.31. The predicted octanol–water partition coefficient (Wildman–Crippen LogP) is 4.92. The summed E-state index contributed by atoms with van der Waals surface area (Å²) in [5.74, 6) is -0.849. The van der Waals surface area contributed by atoms with Gasteiger partial charge in [-0.3, -0.25) is 10.1 Å². The highest BCUT2D eigenvalue weighted by atomic mass is 79.9. The third-order valence-electron chi connectivity index (χ3n) is 4.93. The average Bonchev–Trinajstić information content (AvgIpc) is 3.00. The smallest absolute Gasteiger partial charge is 0.339 e. The predicted molar refractivity (Wildman–Crippen MR) is 116 cm³/mol. The molecule has 4 rings (SSSR count). The summed E-state index contributed by atoms with van der Waals surface area (Å²) in [5, 5.41) is 3.35. The van der Waals surface area contributed by atoms with Gasteiger partial charge in [-0.05, 0) is 43.2 Å². The molecule has 148 valence electrons. The molecule has 1 aliphatic heterocycles. The maximum atomic E-state index is 12.9. The van der Waals surface area contributed by atoms with E-state index in [1.54, 1.807) is 19.1 Å². The molecule has 2 heterocycles. The van der Waals surface area contributed by atoms with Crippen LogP contribution in [0.5, 0.6) is 0 Å². The van der Waals surface area contributed by atoms with E-state index in [1.807, 2.05) is 31.2 Å². The van der Waals surface area contributed by atoms with Crippen molar-refractivity contribution in [3.63, 3.8) is 0 Å². The summed E-state index contributed by atoms with van der Waals surface area (Å²) in [6.45, 7) is 3.57. The zero-order valence-electron chi connectivity index (χ0n) is 16.0. The molecule has 0 aliphatic carbocycles. The fraction of sp³-hybridized carbons (Fsp3) is 0.227. The van der Waals surface area contributed by atoms with Crippen molar-refractivity contribution in [3.8, 4) is 0 Å². The summed E-state index contributed by atoms with van der Waals surface area (Å²) in [4.78, 5) is 30.8. The molecule has 1 unspecified atom stereocenters.